The van der Waals surface area contributed by atoms with Crippen LogP contribution < -0.4 is 0 Å². The molecule has 0 fully saturated rings. The van der Waals surface area contributed by atoms with Crippen molar-refractivity contribution in [2.75, 3.05) is 0 Å². The molecule has 0 amide bonds. The van der Waals surface area contributed by atoms with Gasteiger partial charge in [-0.15, -0.1) is 0 Å². The molecule has 0 atom stereocenters. The standard InChI is InChI=1S/C45H24N6O2/c1-45(2)33-12-6-5-11-29(33)30-18-17-25(22-34(30)45)39-31(23-46)40(42(49-4)41(48-3)32(39)24-47)26-19-27(43-50-35-13-7-9-15-37(35)52-43)21-28(20-26)44-51-36-14-8-10-16-38(36)53-44/h5-22H,1-2H3. The van der Waals surface area contributed by atoms with Gasteiger partial charge in [-0.3, -0.25) is 0 Å². The Morgan fingerprint density at radius 2 is 1.11 bits per heavy atom. The fraction of sp³-hybridized carbons (Fsp3) is 0.0667. The summed E-state index contributed by atoms with van der Waals surface area (Å²) in [7, 11) is 0. The predicted octanol–water partition coefficient (Wildman–Crippen LogP) is 11.8. The number of fused-ring (bicyclic) bond motifs is 5. The second-order valence-corrected chi connectivity index (χ2v) is 13.3. The number of oxazole rings is 2. The van der Waals surface area contributed by atoms with Crippen LogP contribution in [-0.2, 0) is 5.41 Å². The van der Waals surface area contributed by atoms with Gasteiger partial charge < -0.3 is 8.83 Å². The summed E-state index contributed by atoms with van der Waals surface area (Å²) in [6, 6.07) is 39.0. The summed E-state index contributed by atoms with van der Waals surface area (Å²) in [4.78, 5) is 17.0. The van der Waals surface area contributed by atoms with Gasteiger partial charge in [0, 0.05) is 22.1 Å². The van der Waals surface area contributed by atoms with Crippen LogP contribution in [0.25, 0.3) is 88.2 Å². The first kappa shape index (κ1) is 31.2. The first-order valence-electron chi connectivity index (χ1n) is 16.8. The maximum absolute atomic E-state index is 11.0. The summed E-state index contributed by atoms with van der Waals surface area (Å²) >= 11 is 0. The number of aromatic nitrogens is 2. The highest BCUT2D eigenvalue weighted by atomic mass is 16.4. The molecule has 246 valence electrons. The number of para-hydroxylation sites is 4. The van der Waals surface area contributed by atoms with Crippen molar-refractivity contribution in [3.05, 3.63) is 154 Å². The number of rotatable bonds is 4. The van der Waals surface area contributed by atoms with Crippen LogP contribution in [0.5, 0.6) is 0 Å². The van der Waals surface area contributed by atoms with E-state index in [4.69, 9.17) is 31.9 Å². The molecule has 2 heterocycles. The maximum atomic E-state index is 11.0. The van der Waals surface area contributed by atoms with Crippen molar-refractivity contribution in [1.29, 1.82) is 10.5 Å². The van der Waals surface area contributed by atoms with E-state index in [0.717, 1.165) is 16.7 Å². The molecule has 0 spiro atoms. The lowest BCUT2D eigenvalue weighted by molar-refractivity contribution is 0.617. The third kappa shape index (κ3) is 4.65. The van der Waals surface area contributed by atoms with Crippen molar-refractivity contribution in [2.24, 2.45) is 0 Å². The van der Waals surface area contributed by atoms with Gasteiger partial charge >= 0.3 is 0 Å². The van der Waals surface area contributed by atoms with E-state index in [1.54, 1.807) is 12.1 Å². The van der Waals surface area contributed by atoms with Crippen LogP contribution in [0.1, 0.15) is 36.1 Å². The van der Waals surface area contributed by atoms with Crippen LogP contribution >= 0.6 is 0 Å². The minimum atomic E-state index is -0.355. The molecule has 0 aliphatic heterocycles. The van der Waals surface area contributed by atoms with Crippen molar-refractivity contribution in [2.45, 2.75) is 19.3 Å². The van der Waals surface area contributed by atoms with Crippen molar-refractivity contribution < 1.29 is 8.83 Å². The van der Waals surface area contributed by atoms with E-state index < -0.39 is 0 Å². The lowest BCUT2D eigenvalue weighted by Gasteiger charge is -2.23. The van der Waals surface area contributed by atoms with E-state index >= 15 is 0 Å². The molecule has 1 aliphatic carbocycles. The van der Waals surface area contributed by atoms with Gasteiger partial charge in [0.25, 0.3) is 0 Å². The van der Waals surface area contributed by atoms with Gasteiger partial charge in [0.05, 0.1) is 36.4 Å². The third-order valence-electron chi connectivity index (χ3n) is 10.1. The molecule has 0 N–H and O–H groups in total. The zero-order chi connectivity index (χ0) is 36.4. The Morgan fingerprint density at radius 1 is 0.566 bits per heavy atom. The topological polar surface area (TPSA) is 108 Å². The van der Waals surface area contributed by atoms with E-state index in [-0.39, 0.29) is 33.5 Å². The van der Waals surface area contributed by atoms with Crippen LogP contribution in [0, 0.1) is 35.8 Å². The van der Waals surface area contributed by atoms with Crippen molar-refractivity contribution in [3.8, 4) is 68.4 Å². The Balaban J connectivity index is 1.35. The molecular formula is C45H24N6O2. The highest BCUT2D eigenvalue weighted by molar-refractivity contribution is 6.03. The predicted molar refractivity (Wildman–Crippen MR) is 203 cm³/mol. The van der Waals surface area contributed by atoms with Gasteiger partial charge in [0.2, 0.25) is 23.2 Å². The van der Waals surface area contributed by atoms with Gasteiger partial charge in [-0.25, -0.2) is 19.7 Å². The van der Waals surface area contributed by atoms with Gasteiger partial charge in [0.15, 0.2) is 11.2 Å². The van der Waals surface area contributed by atoms with E-state index in [1.165, 1.54) is 5.56 Å². The maximum Gasteiger partial charge on any atom is 0.227 e. The molecule has 1 aliphatic rings. The van der Waals surface area contributed by atoms with Gasteiger partial charge in [-0.2, -0.15) is 10.5 Å². The first-order chi connectivity index (χ1) is 25.8. The number of nitrogens with zero attached hydrogens (tertiary/aromatic N) is 6. The normalized spacial score (nSPS) is 12.4. The number of nitriles is 2. The first-order valence-corrected chi connectivity index (χ1v) is 16.8. The summed E-state index contributed by atoms with van der Waals surface area (Å²) in [6.07, 6.45) is 0. The molecule has 0 radical (unpaired) electrons. The molecule has 0 saturated heterocycles. The molecule has 53 heavy (non-hydrogen) atoms. The fourth-order valence-corrected chi connectivity index (χ4v) is 7.60. The minimum Gasteiger partial charge on any atom is -0.436 e. The Hall–Kier alpha value is -7.78. The quantitative estimate of drug-likeness (QED) is 0.171. The number of benzene rings is 6. The number of hydrogen-bond donors (Lipinski definition) is 0. The molecule has 9 rings (SSSR count). The SMILES string of the molecule is [C-]#[N+]c1c(C#N)c(-c2ccc3c(c2)C(C)(C)c2ccccc2-3)c(C#N)c(-c2cc(-c3nc4ccccc4o3)cc(-c3nc4ccccc4o3)c2)c1[N+]#[C-]. The van der Waals surface area contributed by atoms with Crippen LogP contribution in [-0.4, -0.2) is 9.97 Å². The Morgan fingerprint density at radius 3 is 1.70 bits per heavy atom. The van der Waals surface area contributed by atoms with Gasteiger partial charge in [-0.1, -0.05) is 74.5 Å². The lowest BCUT2D eigenvalue weighted by Crippen LogP contribution is -2.15. The van der Waals surface area contributed by atoms with Crippen LogP contribution in [0.2, 0.25) is 0 Å². The minimum absolute atomic E-state index is 0.0196. The van der Waals surface area contributed by atoms with Gasteiger partial charge in [-0.05, 0) is 87.5 Å². The fourth-order valence-electron chi connectivity index (χ4n) is 7.60. The van der Waals surface area contributed by atoms with Crippen LogP contribution in [0.15, 0.2) is 118 Å². The summed E-state index contributed by atoms with van der Waals surface area (Å²) in [6.45, 7) is 20.8. The average Bonchev–Trinajstić information content (AvgIpc) is 3.89. The summed E-state index contributed by atoms with van der Waals surface area (Å²) in [5.74, 6) is 0.626. The highest BCUT2D eigenvalue weighted by Crippen LogP contribution is 2.53. The van der Waals surface area contributed by atoms with E-state index in [1.807, 2.05) is 84.9 Å². The molecule has 8 aromatic rings. The summed E-state index contributed by atoms with van der Waals surface area (Å²) < 4.78 is 12.4. The zero-order valence-electron chi connectivity index (χ0n) is 28.4. The number of hydrogen-bond acceptors (Lipinski definition) is 6. The van der Waals surface area contributed by atoms with Crippen molar-refractivity contribution in [1.82, 2.24) is 9.97 Å². The second-order valence-electron chi connectivity index (χ2n) is 13.3. The second kappa shape index (κ2) is 11.6. The largest absolute Gasteiger partial charge is 0.436 e. The van der Waals surface area contributed by atoms with E-state index in [2.05, 4.69) is 47.8 Å². The molecule has 0 bridgehead atoms. The Labute approximate surface area is 304 Å². The summed E-state index contributed by atoms with van der Waals surface area (Å²) in [5, 5.41) is 21.6. The third-order valence-corrected chi connectivity index (χ3v) is 10.1. The van der Waals surface area contributed by atoms with Crippen molar-refractivity contribution in [3.63, 3.8) is 0 Å². The molecule has 2 aromatic heterocycles. The molecule has 0 unspecified atom stereocenters. The molecule has 0 saturated carbocycles. The van der Waals surface area contributed by atoms with Gasteiger partial charge in [0.1, 0.15) is 11.0 Å². The lowest BCUT2D eigenvalue weighted by atomic mass is 9.80. The smallest absolute Gasteiger partial charge is 0.227 e. The van der Waals surface area contributed by atoms with Crippen LogP contribution in [0.3, 0.4) is 0 Å². The molecule has 6 aromatic carbocycles. The molecule has 8 heteroatoms. The van der Waals surface area contributed by atoms with Crippen LogP contribution in [0.4, 0.5) is 11.4 Å². The van der Waals surface area contributed by atoms with Crippen molar-refractivity contribution >= 4 is 33.6 Å². The Kier molecular flexibility index (Phi) is 6.86. The summed E-state index contributed by atoms with van der Waals surface area (Å²) in [5.41, 5.74) is 9.11. The zero-order valence-corrected chi connectivity index (χ0v) is 28.4. The monoisotopic (exact) mass is 680 g/mol. The molecular weight excluding hydrogens is 657 g/mol. The highest BCUT2D eigenvalue weighted by Gasteiger charge is 2.36. The average molecular weight is 681 g/mol. The Bertz CT molecular complexity index is 2890. The molecule has 8 nitrogen and oxygen atoms in total. The van der Waals surface area contributed by atoms with E-state index in [0.29, 0.717) is 61.8 Å². The van der Waals surface area contributed by atoms with E-state index in [9.17, 15) is 10.5 Å².